The topological polar surface area (TPSA) is 87.9 Å². The highest BCUT2D eigenvalue weighted by atomic mass is 19.1. The van der Waals surface area contributed by atoms with Crippen LogP contribution in [-0.2, 0) is 31.7 Å². The van der Waals surface area contributed by atoms with Gasteiger partial charge in [0.05, 0.1) is 35.1 Å². The van der Waals surface area contributed by atoms with Crippen LogP contribution >= 0.6 is 0 Å². The summed E-state index contributed by atoms with van der Waals surface area (Å²) in [5.74, 6) is -0.682. The third kappa shape index (κ3) is 5.60. The molecule has 2 aliphatic rings. The van der Waals surface area contributed by atoms with E-state index < -0.39 is 41.8 Å². The zero-order valence-corrected chi connectivity index (χ0v) is 23.5. The molecular formula is C28H36BF2N3O5. The van der Waals surface area contributed by atoms with Crippen molar-refractivity contribution in [2.45, 2.75) is 97.0 Å². The summed E-state index contributed by atoms with van der Waals surface area (Å²) in [6.45, 7) is 14.1. The monoisotopic (exact) mass is 543 g/mol. The van der Waals surface area contributed by atoms with E-state index in [0.29, 0.717) is 35.8 Å². The van der Waals surface area contributed by atoms with Crippen LogP contribution in [0, 0.1) is 11.6 Å². The molecule has 2 atom stereocenters. The average Bonchev–Trinajstić information content (AvgIpc) is 3.23. The Labute approximate surface area is 227 Å². The average molecular weight is 543 g/mol. The number of benzene rings is 1. The van der Waals surface area contributed by atoms with Crippen LogP contribution in [0.2, 0.25) is 0 Å². The molecule has 2 aliphatic heterocycles. The number of halogens is 2. The van der Waals surface area contributed by atoms with Crippen molar-refractivity contribution in [3.8, 4) is 0 Å². The van der Waals surface area contributed by atoms with Crippen LogP contribution in [0.3, 0.4) is 0 Å². The van der Waals surface area contributed by atoms with E-state index in [-0.39, 0.29) is 23.6 Å². The van der Waals surface area contributed by atoms with E-state index >= 15 is 8.78 Å². The molecule has 4 heterocycles. The highest BCUT2D eigenvalue weighted by Crippen LogP contribution is 2.37. The summed E-state index contributed by atoms with van der Waals surface area (Å²) in [5.41, 5.74) is -0.329. The number of aliphatic hydroxyl groups is 1. The van der Waals surface area contributed by atoms with E-state index in [2.05, 4.69) is 9.97 Å². The number of pyridine rings is 1. The predicted octanol–water partition coefficient (Wildman–Crippen LogP) is 4.19. The van der Waals surface area contributed by atoms with E-state index in [1.165, 1.54) is 6.07 Å². The minimum absolute atomic E-state index is 0.0189. The molecule has 2 saturated heterocycles. The first-order valence-electron chi connectivity index (χ1n) is 13.3. The Balaban J connectivity index is 1.47. The molecule has 210 valence electrons. The molecule has 1 aromatic carbocycles. The Morgan fingerprint density at radius 2 is 1.77 bits per heavy atom. The summed E-state index contributed by atoms with van der Waals surface area (Å²) < 4.78 is 55.7. The van der Waals surface area contributed by atoms with E-state index in [1.54, 1.807) is 12.1 Å². The van der Waals surface area contributed by atoms with E-state index in [9.17, 15) is 5.11 Å². The molecule has 0 aliphatic carbocycles. The summed E-state index contributed by atoms with van der Waals surface area (Å²) in [4.78, 5) is 9.32. The molecule has 5 rings (SSSR count). The van der Waals surface area contributed by atoms with Gasteiger partial charge < -0.3 is 28.5 Å². The summed E-state index contributed by atoms with van der Waals surface area (Å²) in [5, 5.41) is 10.6. The van der Waals surface area contributed by atoms with Gasteiger partial charge in [-0.2, -0.15) is 0 Å². The van der Waals surface area contributed by atoms with Gasteiger partial charge in [0.15, 0.2) is 11.9 Å². The second kappa shape index (κ2) is 9.88. The Bertz CT molecular complexity index is 1370. The van der Waals surface area contributed by atoms with Gasteiger partial charge in [-0.05, 0) is 84.7 Å². The number of aromatic nitrogens is 3. The molecule has 0 bridgehead atoms. The van der Waals surface area contributed by atoms with Crippen molar-refractivity contribution in [3.05, 3.63) is 53.0 Å². The van der Waals surface area contributed by atoms with Gasteiger partial charge >= 0.3 is 7.12 Å². The zero-order valence-electron chi connectivity index (χ0n) is 23.5. The number of hydrogen-bond acceptors (Lipinski definition) is 7. The molecule has 2 aromatic heterocycles. The molecule has 2 fully saturated rings. The smallest absolute Gasteiger partial charge is 0.399 e. The highest BCUT2D eigenvalue weighted by Gasteiger charge is 2.52. The van der Waals surface area contributed by atoms with Crippen LogP contribution in [0.5, 0.6) is 0 Å². The first kappa shape index (κ1) is 28.1. The maximum atomic E-state index is 15.4. The van der Waals surface area contributed by atoms with Gasteiger partial charge in [0, 0.05) is 18.5 Å². The highest BCUT2D eigenvalue weighted by molar-refractivity contribution is 6.62. The van der Waals surface area contributed by atoms with Crippen molar-refractivity contribution in [1.29, 1.82) is 0 Å². The van der Waals surface area contributed by atoms with Crippen molar-refractivity contribution >= 4 is 23.7 Å². The molecule has 11 heteroatoms. The lowest BCUT2D eigenvalue weighted by Gasteiger charge is -2.32. The fourth-order valence-electron chi connectivity index (χ4n) is 4.61. The summed E-state index contributed by atoms with van der Waals surface area (Å²) in [6, 6.07) is 5.72. The molecular weight excluding hydrogens is 507 g/mol. The minimum atomic E-state index is -1.23. The Morgan fingerprint density at radius 1 is 1.10 bits per heavy atom. The fourth-order valence-corrected chi connectivity index (χ4v) is 4.61. The Morgan fingerprint density at radius 3 is 2.36 bits per heavy atom. The standard InChI is InChI=1S/C28H36BF2N3O5/c1-26(2,3)37-25(35)22-9-8-21-24(33-22)34(15-17-10-11-36-17)23(32-21)13-16-12-20(31)18(14-19(16)30)29-38-27(4,5)28(6,7)39-29/h8-9,12,14,17,25,35H,10-11,13,15H2,1-7H3/t17-,25-/m0/s1. The van der Waals surface area contributed by atoms with Crippen molar-refractivity contribution < 1.29 is 32.7 Å². The molecule has 0 radical (unpaired) electrons. The maximum absolute atomic E-state index is 15.4. The predicted molar refractivity (Wildman–Crippen MR) is 143 cm³/mol. The molecule has 8 nitrogen and oxygen atoms in total. The third-order valence-corrected chi connectivity index (χ3v) is 7.61. The van der Waals surface area contributed by atoms with Crippen LogP contribution in [0.25, 0.3) is 11.2 Å². The van der Waals surface area contributed by atoms with E-state index in [4.69, 9.17) is 18.8 Å². The van der Waals surface area contributed by atoms with Gasteiger partial charge in [-0.3, -0.25) is 0 Å². The second-order valence-corrected chi connectivity index (χ2v) is 12.3. The second-order valence-electron chi connectivity index (χ2n) is 12.3. The molecule has 0 spiro atoms. The van der Waals surface area contributed by atoms with Gasteiger partial charge in [0.25, 0.3) is 0 Å². The first-order chi connectivity index (χ1) is 18.1. The summed E-state index contributed by atoms with van der Waals surface area (Å²) in [7, 11) is -1.01. The third-order valence-electron chi connectivity index (χ3n) is 7.61. The number of imidazole rings is 1. The molecule has 0 amide bonds. The van der Waals surface area contributed by atoms with Crippen LogP contribution in [0.15, 0.2) is 24.3 Å². The van der Waals surface area contributed by atoms with Gasteiger partial charge in [0.2, 0.25) is 0 Å². The number of ether oxygens (including phenoxy) is 2. The lowest BCUT2D eigenvalue weighted by molar-refractivity contribution is -0.171. The number of rotatable bonds is 7. The molecule has 1 N–H and O–H groups in total. The zero-order chi connectivity index (χ0) is 28.3. The lowest BCUT2D eigenvalue weighted by atomic mass is 9.78. The summed E-state index contributed by atoms with van der Waals surface area (Å²) >= 11 is 0. The Kier molecular flexibility index (Phi) is 7.12. The number of fused-ring (bicyclic) bond motifs is 1. The van der Waals surface area contributed by atoms with Crippen LogP contribution < -0.4 is 5.46 Å². The quantitative estimate of drug-likeness (QED) is 0.353. The lowest BCUT2D eigenvalue weighted by Crippen LogP contribution is -2.41. The first-order valence-corrected chi connectivity index (χ1v) is 13.3. The number of nitrogens with zero attached hydrogens (tertiary/aromatic N) is 3. The SMILES string of the molecule is CC(C)(C)O[C@H](O)c1ccc2nc(Cc3cc(F)c(B4OC(C)(C)C(C)(C)O4)cc3F)n(C[C@@H]3CCO3)c2n1. The number of aliphatic hydroxyl groups excluding tert-OH is 1. The van der Waals surface area contributed by atoms with Gasteiger partial charge in [-0.25, -0.2) is 18.7 Å². The maximum Gasteiger partial charge on any atom is 0.497 e. The normalized spacial score (nSPS) is 21.4. The van der Waals surface area contributed by atoms with E-state index in [1.807, 2.05) is 53.0 Å². The summed E-state index contributed by atoms with van der Waals surface area (Å²) in [6.07, 6.45) is -0.350. The van der Waals surface area contributed by atoms with Gasteiger partial charge in [0.1, 0.15) is 23.0 Å². The van der Waals surface area contributed by atoms with Crippen molar-refractivity contribution in [1.82, 2.24) is 14.5 Å². The molecule has 0 saturated carbocycles. The van der Waals surface area contributed by atoms with Gasteiger partial charge in [-0.1, -0.05) is 0 Å². The van der Waals surface area contributed by atoms with Crippen LogP contribution in [0.4, 0.5) is 8.78 Å². The van der Waals surface area contributed by atoms with Crippen LogP contribution in [-0.4, -0.2) is 56.3 Å². The van der Waals surface area contributed by atoms with Crippen LogP contribution in [0.1, 0.15) is 78.3 Å². The minimum Gasteiger partial charge on any atom is -0.399 e. The largest absolute Gasteiger partial charge is 0.497 e. The molecule has 0 unspecified atom stereocenters. The fraction of sp³-hybridized carbons (Fsp3) is 0.571. The van der Waals surface area contributed by atoms with E-state index in [0.717, 1.165) is 12.5 Å². The molecule has 3 aromatic rings. The van der Waals surface area contributed by atoms with Crippen molar-refractivity contribution in [2.75, 3.05) is 6.61 Å². The van der Waals surface area contributed by atoms with Gasteiger partial charge in [-0.15, -0.1) is 0 Å². The van der Waals surface area contributed by atoms with Crippen molar-refractivity contribution in [3.63, 3.8) is 0 Å². The number of hydrogen-bond donors (Lipinski definition) is 1. The Hall–Kier alpha value is -2.44. The molecule has 39 heavy (non-hydrogen) atoms. The van der Waals surface area contributed by atoms with Crippen molar-refractivity contribution in [2.24, 2.45) is 0 Å².